The van der Waals surface area contributed by atoms with Gasteiger partial charge in [0.25, 0.3) is 0 Å². The average Bonchev–Trinajstić information content (AvgIpc) is 3.24. The lowest BCUT2D eigenvalue weighted by Crippen LogP contribution is -2.31. The van der Waals surface area contributed by atoms with Crippen LogP contribution in [0.3, 0.4) is 0 Å². The number of nitrogens with zero attached hydrogens (tertiary/aromatic N) is 1. The smallest absolute Gasteiger partial charge is 0.223 e. The van der Waals surface area contributed by atoms with E-state index in [4.69, 9.17) is 5.73 Å². The van der Waals surface area contributed by atoms with Crippen LogP contribution in [0.5, 0.6) is 0 Å². The average molecular weight is 385 g/mol. The Morgan fingerprint density at radius 3 is 1.86 bits per heavy atom. The quantitative estimate of drug-likeness (QED) is 0.684. The van der Waals surface area contributed by atoms with Gasteiger partial charge in [-0.2, -0.15) is 0 Å². The van der Waals surface area contributed by atoms with E-state index < -0.39 is 0 Å². The van der Waals surface area contributed by atoms with Crippen LogP contribution >= 0.6 is 0 Å². The molecule has 1 amide bonds. The van der Waals surface area contributed by atoms with E-state index >= 15 is 0 Å². The molecule has 0 radical (unpaired) electrons. The third-order valence-corrected chi connectivity index (χ3v) is 6.11. The lowest BCUT2D eigenvalue weighted by Gasteiger charge is -2.22. The Balaban J connectivity index is 1.54. The van der Waals surface area contributed by atoms with E-state index in [0.717, 1.165) is 13.1 Å². The van der Waals surface area contributed by atoms with Crippen LogP contribution in [0.2, 0.25) is 0 Å². The maximum Gasteiger partial charge on any atom is 0.223 e. The molecule has 3 nitrogen and oxygen atoms in total. The Kier molecular flexibility index (Phi) is 6.06. The Bertz CT molecular complexity index is 872. The summed E-state index contributed by atoms with van der Waals surface area (Å²) in [6.45, 7) is 2.09. The van der Waals surface area contributed by atoms with Gasteiger partial charge in [-0.3, -0.25) is 4.79 Å². The van der Waals surface area contributed by atoms with Crippen LogP contribution in [0, 0.1) is 5.92 Å². The summed E-state index contributed by atoms with van der Waals surface area (Å²) in [5.74, 6) is 0.905. The van der Waals surface area contributed by atoms with Crippen molar-refractivity contribution in [3.63, 3.8) is 0 Å². The van der Waals surface area contributed by atoms with Crippen molar-refractivity contribution >= 4 is 5.91 Å². The molecule has 29 heavy (non-hydrogen) atoms. The van der Waals surface area contributed by atoms with Crippen LogP contribution in [-0.2, 0) is 4.79 Å². The van der Waals surface area contributed by atoms with E-state index in [1.165, 1.54) is 16.7 Å². The predicted octanol–water partition coefficient (Wildman–Crippen LogP) is 4.41. The molecule has 0 spiro atoms. The van der Waals surface area contributed by atoms with Crippen molar-refractivity contribution in [3.05, 3.63) is 108 Å². The number of carbonyl (C=O) groups excluding carboxylic acids is 1. The minimum atomic E-state index is 0.0667. The van der Waals surface area contributed by atoms with Gasteiger partial charge in [0.2, 0.25) is 5.91 Å². The van der Waals surface area contributed by atoms with Gasteiger partial charge in [-0.1, -0.05) is 91.0 Å². The van der Waals surface area contributed by atoms with Crippen LogP contribution in [0.15, 0.2) is 91.0 Å². The monoisotopic (exact) mass is 384 g/mol. The van der Waals surface area contributed by atoms with Crippen molar-refractivity contribution < 1.29 is 4.79 Å². The SMILES string of the molecule is NC[C@@H]1CN(C(=O)CC(c2ccccc2)c2ccccc2)C[C@H]1c1ccccc1. The zero-order chi connectivity index (χ0) is 20.1. The molecule has 3 heteroatoms. The van der Waals surface area contributed by atoms with Gasteiger partial charge >= 0.3 is 0 Å². The molecule has 1 aliphatic rings. The Morgan fingerprint density at radius 1 is 0.828 bits per heavy atom. The molecule has 2 atom stereocenters. The van der Waals surface area contributed by atoms with E-state index in [2.05, 4.69) is 48.5 Å². The second kappa shape index (κ2) is 9.06. The number of likely N-dealkylation sites (tertiary alicyclic amines) is 1. The van der Waals surface area contributed by atoms with Gasteiger partial charge in [-0.05, 0) is 29.2 Å². The van der Waals surface area contributed by atoms with Gasteiger partial charge in [-0.15, -0.1) is 0 Å². The second-order valence-electron chi connectivity index (χ2n) is 7.89. The predicted molar refractivity (Wildman–Crippen MR) is 118 cm³/mol. The van der Waals surface area contributed by atoms with E-state index in [1.54, 1.807) is 0 Å². The van der Waals surface area contributed by atoms with Crippen LogP contribution in [0.1, 0.15) is 34.9 Å². The number of rotatable bonds is 6. The third kappa shape index (κ3) is 4.41. The summed E-state index contributed by atoms with van der Waals surface area (Å²) in [6, 6.07) is 31.1. The molecule has 1 fully saturated rings. The summed E-state index contributed by atoms with van der Waals surface area (Å²) in [6.07, 6.45) is 0.479. The van der Waals surface area contributed by atoms with Gasteiger partial charge < -0.3 is 10.6 Å². The number of carbonyl (C=O) groups is 1. The maximum atomic E-state index is 13.3. The topological polar surface area (TPSA) is 46.3 Å². The normalized spacial score (nSPS) is 18.9. The van der Waals surface area contributed by atoms with E-state index in [9.17, 15) is 4.79 Å². The molecule has 0 saturated carbocycles. The molecule has 3 aromatic carbocycles. The Morgan fingerprint density at radius 2 is 1.34 bits per heavy atom. The highest BCUT2D eigenvalue weighted by Gasteiger charge is 2.36. The second-order valence-corrected chi connectivity index (χ2v) is 7.89. The van der Waals surface area contributed by atoms with Crippen molar-refractivity contribution in [1.82, 2.24) is 4.90 Å². The van der Waals surface area contributed by atoms with Gasteiger partial charge in [0, 0.05) is 31.3 Å². The molecule has 1 aliphatic heterocycles. The highest BCUT2D eigenvalue weighted by Crippen LogP contribution is 2.34. The number of amides is 1. The van der Waals surface area contributed by atoms with Crippen molar-refractivity contribution in [2.75, 3.05) is 19.6 Å². The highest BCUT2D eigenvalue weighted by atomic mass is 16.2. The van der Waals surface area contributed by atoms with Crippen LogP contribution in [0.4, 0.5) is 0 Å². The summed E-state index contributed by atoms with van der Waals surface area (Å²) >= 11 is 0. The van der Waals surface area contributed by atoms with Gasteiger partial charge in [0.1, 0.15) is 0 Å². The van der Waals surface area contributed by atoms with Crippen LogP contribution < -0.4 is 5.73 Å². The third-order valence-electron chi connectivity index (χ3n) is 6.11. The lowest BCUT2D eigenvalue weighted by atomic mass is 9.88. The molecule has 1 heterocycles. The van der Waals surface area contributed by atoms with Gasteiger partial charge in [-0.25, -0.2) is 0 Å². The summed E-state index contributed by atoms with van der Waals surface area (Å²) in [7, 11) is 0. The number of nitrogens with two attached hydrogens (primary N) is 1. The largest absolute Gasteiger partial charge is 0.342 e. The molecule has 4 rings (SSSR count). The lowest BCUT2D eigenvalue weighted by molar-refractivity contribution is -0.130. The minimum absolute atomic E-state index is 0.0667. The van der Waals surface area contributed by atoms with Crippen LogP contribution in [-0.4, -0.2) is 30.4 Å². The summed E-state index contributed by atoms with van der Waals surface area (Å²) in [5.41, 5.74) is 9.71. The standard InChI is InChI=1S/C26H28N2O/c27-17-23-18-28(19-25(23)22-14-8-3-9-15-22)26(29)16-24(20-10-4-1-5-11-20)21-12-6-2-7-13-21/h1-15,23-25H,16-19,27H2/t23-,25+/m1/s1. The molecule has 0 aromatic heterocycles. The molecular formula is C26H28N2O. The fourth-order valence-corrected chi connectivity index (χ4v) is 4.49. The molecular weight excluding hydrogens is 356 g/mol. The fraction of sp³-hybridized carbons (Fsp3) is 0.269. The first kappa shape index (κ1) is 19.4. The zero-order valence-electron chi connectivity index (χ0n) is 16.7. The summed E-state index contributed by atoms with van der Waals surface area (Å²) < 4.78 is 0. The van der Waals surface area contributed by atoms with E-state index in [1.807, 2.05) is 47.4 Å². The molecule has 0 bridgehead atoms. The van der Waals surface area contributed by atoms with Crippen molar-refractivity contribution in [3.8, 4) is 0 Å². The first-order valence-electron chi connectivity index (χ1n) is 10.4. The molecule has 2 N–H and O–H groups in total. The number of hydrogen-bond acceptors (Lipinski definition) is 2. The van der Waals surface area contributed by atoms with Crippen molar-refractivity contribution in [2.45, 2.75) is 18.3 Å². The first-order valence-corrected chi connectivity index (χ1v) is 10.4. The van der Waals surface area contributed by atoms with Crippen molar-refractivity contribution in [1.29, 1.82) is 0 Å². The summed E-state index contributed by atoms with van der Waals surface area (Å²) in [5, 5.41) is 0. The first-order chi connectivity index (χ1) is 14.3. The fourth-order valence-electron chi connectivity index (χ4n) is 4.49. The molecule has 0 aliphatic carbocycles. The zero-order valence-corrected chi connectivity index (χ0v) is 16.7. The molecule has 3 aromatic rings. The highest BCUT2D eigenvalue weighted by molar-refractivity contribution is 5.78. The number of hydrogen-bond donors (Lipinski definition) is 1. The van der Waals surface area contributed by atoms with Crippen molar-refractivity contribution in [2.24, 2.45) is 11.7 Å². The van der Waals surface area contributed by atoms with Gasteiger partial charge in [0.05, 0.1) is 0 Å². The molecule has 1 saturated heterocycles. The number of benzene rings is 3. The van der Waals surface area contributed by atoms with E-state index in [-0.39, 0.29) is 11.8 Å². The maximum absolute atomic E-state index is 13.3. The van der Waals surface area contributed by atoms with Crippen LogP contribution in [0.25, 0.3) is 0 Å². The Labute approximate surface area is 173 Å². The van der Waals surface area contributed by atoms with Gasteiger partial charge in [0.15, 0.2) is 0 Å². The summed E-state index contributed by atoms with van der Waals surface area (Å²) in [4.78, 5) is 15.3. The Hall–Kier alpha value is -2.91. The minimum Gasteiger partial charge on any atom is -0.342 e. The molecule has 148 valence electrons. The molecule has 0 unspecified atom stereocenters. The van der Waals surface area contributed by atoms with E-state index in [0.29, 0.717) is 24.8 Å².